The normalized spacial score (nSPS) is 19.3. The van der Waals surface area contributed by atoms with E-state index >= 15 is 0 Å². The molecule has 2 aromatic rings. The first-order valence-electron chi connectivity index (χ1n) is 9.18. The zero-order valence-electron chi connectivity index (χ0n) is 16.2. The van der Waals surface area contributed by atoms with E-state index in [-0.39, 0.29) is 16.8 Å². The van der Waals surface area contributed by atoms with Gasteiger partial charge in [0.1, 0.15) is 5.69 Å². The average Bonchev–Trinajstić information content (AvgIpc) is 3.17. The Labute approximate surface area is 179 Å². The number of carboxylic acids is 1. The Bertz CT molecular complexity index is 896. The number of halogens is 3. The zero-order valence-corrected chi connectivity index (χ0v) is 17.0. The van der Waals surface area contributed by atoms with Gasteiger partial charge in [-0.25, -0.2) is 9.78 Å². The standard InChI is InChI=1S/C17H18N4O2S.C2HF3O2/c22-16(15-8-19-5-6-20-15)21-11-17(12-21)7-14(10-24-17)23-9-13-1-3-18-4-2-13;3-2(4,5)1(6)7/h1-6,8,14H,7,9-12H2;(H,6,7). The lowest BCUT2D eigenvalue weighted by Crippen LogP contribution is -2.60. The van der Waals surface area contributed by atoms with Crippen LogP contribution >= 0.6 is 11.8 Å². The molecule has 0 saturated carbocycles. The van der Waals surface area contributed by atoms with Gasteiger partial charge in [0.15, 0.2) is 0 Å². The van der Waals surface area contributed by atoms with Gasteiger partial charge >= 0.3 is 12.1 Å². The number of amides is 1. The number of thioether (sulfide) groups is 1. The maximum atomic E-state index is 12.3. The molecule has 1 N–H and O–H groups in total. The van der Waals surface area contributed by atoms with E-state index in [1.807, 2.05) is 28.8 Å². The molecule has 1 amide bonds. The molecule has 12 heteroatoms. The quantitative estimate of drug-likeness (QED) is 0.748. The van der Waals surface area contributed by atoms with Crippen LogP contribution in [0.1, 0.15) is 22.5 Å². The van der Waals surface area contributed by atoms with Crippen LogP contribution in [-0.4, -0.2) is 72.7 Å². The smallest absolute Gasteiger partial charge is 0.475 e. The van der Waals surface area contributed by atoms with Crippen molar-refractivity contribution < 1.29 is 32.6 Å². The lowest BCUT2D eigenvalue weighted by molar-refractivity contribution is -0.192. The highest BCUT2D eigenvalue weighted by molar-refractivity contribution is 8.01. The molecule has 4 rings (SSSR count). The number of aliphatic carboxylic acids is 1. The third kappa shape index (κ3) is 6.14. The molecular weight excluding hydrogens is 437 g/mol. The summed E-state index contributed by atoms with van der Waals surface area (Å²) in [5, 5.41) is 7.12. The number of carboxylic acid groups (broad SMARTS) is 1. The summed E-state index contributed by atoms with van der Waals surface area (Å²) in [6, 6.07) is 3.95. The minimum atomic E-state index is -5.08. The van der Waals surface area contributed by atoms with Gasteiger partial charge in [-0.3, -0.25) is 14.8 Å². The van der Waals surface area contributed by atoms with Crippen molar-refractivity contribution in [3.8, 4) is 0 Å². The number of carbonyl (C=O) groups is 2. The third-order valence-corrected chi connectivity index (χ3v) is 6.26. The van der Waals surface area contributed by atoms with Crippen molar-refractivity contribution in [1.29, 1.82) is 0 Å². The fourth-order valence-electron chi connectivity index (χ4n) is 3.19. The van der Waals surface area contributed by atoms with E-state index in [4.69, 9.17) is 14.6 Å². The molecule has 8 nitrogen and oxygen atoms in total. The molecule has 166 valence electrons. The molecule has 0 bridgehead atoms. The highest BCUT2D eigenvalue weighted by atomic mass is 32.2. The van der Waals surface area contributed by atoms with Crippen molar-refractivity contribution >= 4 is 23.6 Å². The van der Waals surface area contributed by atoms with Crippen LogP contribution in [0.5, 0.6) is 0 Å². The van der Waals surface area contributed by atoms with Crippen molar-refractivity contribution in [2.75, 3.05) is 18.8 Å². The Balaban J connectivity index is 0.000000339. The Hall–Kier alpha value is -2.73. The number of carbonyl (C=O) groups excluding carboxylic acids is 1. The Morgan fingerprint density at radius 1 is 1.19 bits per heavy atom. The van der Waals surface area contributed by atoms with Crippen LogP contribution in [0.3, 0.4) is 0 Å². The largest absolute Gasteiger partial charge is 0.490 e. The molecule has 2 aliphatic heterocycles. The molecule has 0 radical (unpaired) electrons. The lowest BCUT2D eigenvalue weighted by Gasteiger charge is -2.47. The van der Waals surface area contributed by atoms with Crippen molar-refractivity contribution in [3.63, 3.8) is 0 Å². The molecule has 1 atom stereocenters. The first kappa shape index (κ1) is 22.9. The van der Waals surface area contributed by atoms with Crippen LogP contribution < -0.4 is 0 Å². The topological polar surface area (TPSA) is 106 Å². The number of aromatic nitrogens is 3. The second kappa shape index (κ2) is 9.60. The summed E-state index contributed by atoms with van der Waals surface area (Å²) in [6.07, 6.45) is 4.37. The van der Waals surface area contributed by atoms with Crippen molar-refractivity contribution in [2.24, 2.45) is 0 Å². The molecule has 4 heterocycles. The van der Waals surface area contributed by atoms with Gasteiger partial charge in [0.25, 0.3) is 5.91 Å². The molecular formula is C19H19F3N4O4S. The van der Waals surface area contributed by atoms with Gasteiger partial charge < -0.3 is 14.7 Å². The summed E-state index contributed by atoms with van der Waals surface area (Å²) in [4.78, 5) is 35.1. The molecule has 2 saturated heterocycles. The Morgan fingerprint density at radius 2 is 1.87 bits per heavy atom. The van der Waals surface area contributed by atoms with Gasteiger partial charge in [0.05, 0.1) is 23.7 Å². The average molecular weight is 456 g/mol. The highest BCUT2D eigenvalue weighted by Gasteiger charge is 2.51. The number of nitrogens with zero attached hydrogens (tertiary/aromatic N) is 4. The SMILES string of the molecule is O=C(O)C(F)(F)F.O=C(c1cnccn1)N1CC2(CC(OCc3ccncc3)CS2)C1. The van der Waals surface area contributed by atoms with Crippen LogP contribution in [0.15, 0.2) is 43.1 Å². The van der Waals surface area contributed by atoms with E-state index in [1.165, 1.54) is 6.20 Å². The first-order chi connectivity index (χ1) is 14.7. The van der Waals surface area contributed by atoms with E-state index in [0.29, 0.717) is 12.3 Å². The second-order valence-electron chi connectivity index (χ2n) is 7.04. The van der Waals surface area contributed by atoms with Crippen LogP contribution in [0.2, 0.25) is 0 Å². The van der Waals surface area contributed by atoms with Gasteiger partial charge in [0.2, 0.25) is 0 Å². The predicted molar refractivity (Wildman–Crippen MR) is 104 cm³/mol. The zero-order chi connectivity index (χ0) is 22.5. The van der Waals surface area contributed by atoms with Crippen LogP contribution in [0.4, 0.5) is 13.2 Å². The molecule has 0 aromatic carbocycles. The van der Waals surface area contributed by atoms with Crippen LogP contribution in [0.25, 0.3) is 0 Å². The minimum Gasteiger partial charge on any atom is -0.475 e. The number of hydrogen-bond donors (Lipinski definition) is 1. The number of rotatable bonds is 4. The maximum Gasteiger partial charge on any atom is 0.490 e. The number of hydrogen-bond acceptors (Lipinski definition) is 7. The summed E-state index contributed by atoms with van der Waals surface area (Å²) in [5.74, 6) is -1.80. The summed E-state index contributed by atoms with van der Waals surface area (Å²) in [7, 11) is 0. The van der Waals surface area contributed by atoms with Crippen LogP contribution in [-0.2, 0) is 16.1 Å². The van der Waals surface area contributed by atoms with Crippen molar-refractivity contribution in [2.45, 2.75) is 30.1 Å². The summed E-state index contributed by atoms with van der Waals surface area (Å²) < 4.78 is 37.9. The molecule has 2 aliphatic rings. The maximum absolute atomic E-state index is 12.3. The van der Waals surface area contributed by atoms with E-state index in [9.17, 15) is 18.0 Å². The Morgan fingerprint density at radius 3 is 2.45 bits per heavy atom. The van der Waals surface area contributed by atoms with Gasteiger partial charge in [-0.15, -0.1) is 11.8 Å². The lowest BCUT2D eigenvalue weighted by atomic mass is 9.92. The van der Waals surface area contributed by atoms with Gasteiger partial charge in [-0.1, -0.05) is 0 Å². The minimum absolute atomic E-state index is 0.0320. The number of likely N-dealkylation sites (tertiary alicyclic amines) is 1. The first-order valence-corrected chi connectivity index (χ1v) is 10.2. The summed E-state index contributed by atoms with van der Waals surface area (Å²) >= 11 is 1.92. The van der Waals surface area contributed by atoms with E-state index in [0.717, 1.165) is 30.8 Å². The van der Waals surface area contributed by atoms with E-state index in [1.54, 1.807) is 24.8 Å². The van der Waals surface area contributed by atoms with Crippen molar-refractivity contribution in [3.05, 3.63) is 54.4 Å². The highest BCUT2D eigenvalue weighted by Crippen LogP contribution is 2.46. The van der Waals surface area contributed by atoms with Crippen molar-refractivity contribution in [1.82, 2.24) is 19.9 Å². The number of pyridine rings is 1. The van der Waals surface area contributed by atoms with Gasteiger partial charge in [-0.05, 0) is 24.1 Å². The van der Waals surface area contributed by atoms with Gasteiger partial charge in [-0.2, -0.15) is 13.2 Å². The summed E-state index contributed by atoms with van der Waals surface area (Å²) in [6.45, 7) is 2.15. The predicted octanol–water partition coefficient (Wildman–Crippen LogP) is 2.42. The molecule has 1 unspecified atom stereocenters. The molecule has 2 fully saturated rings. The van der Waals surface area contributed by atoms with E-state index < -0.39 is 12.1 Å². The number of alkyl halides is 3. The molecule has 0 aliphatic carbocycles. The van der Waals surface area contributed by atoms with Gasteiger partial charge in [0, 0.05) is 43.6 Å². The fraction of sp³-hybridized carbons (Fsp3) is 0.421. The van der Waals surface area contributed by atoms with Crippen LogP contribution in [0, 0.1) is 0 Å². The fourth-order valence-corrected chi connectivity index (χ4v) is 4.74. The molecule has 31 heavy (non-hydrogen) atoms. The number of ether oxygens (including phenoxy) is 1. The molecule has 1 spiro atoms. The Kier molecular flexibility index (Phi) is 7.11. The summed E-state index contributed by atoms with van der Waals surface area (Å²) in [5.41, 5.74) is 1.56. The second-order valence-corrected chi connectivity index (χ2v) is 8.53. The molecule has 2 aromatic heterocycles. The van der Waals surface area contributed by atoms with E-state index in [2.05, 4.69) is 15.0 Å². The monoisotopic (exact) mass is 456 g/mol. The third-order valence-electron chi connectivity index (χ3n) is 4.68.